The van der Waals surface area contributed by atoms with Gasteiger partial charge in [0.1, 0.15) is 0 Å². The van der Waals surface area contributed by atoms with Crippen molar-refractivity contribution in [2.45, 2.75) is 19.6 Å². The standard InChI is InChI=1S/C46H32N4S/c1-3-11-35(12-4-1)51(36-13-5-2-6-14-36,37-23-19-33(20-24-37)49-43-17-9-7-15-39(43)41-31-47-29-27-45(41)49)38-25-21-34(22-26-38)50-44-18-10-8-16-40(44)42-32-48-30-28-46(42)50/h1-32H. The Morgan fingerprint density at radius 3 is 1.10 bits per heavy atom. The molecule has 0 bridgehead atoms. The summed E-state index contributed by atoms with van der Waals surface area (Å²) in [5, 5.41) is 4.73. The third-order valence-electron chi connectivity index (χ3n) is 10.0. The number of rotatable bonds is 6. The van der Waals surface area contributed by atoms with E-state index in [0.717, 1.165) is 33.2 Å². The van der Waals surface area contributed by atoms with Gasteiger partial charge in [-0.05, 0) is 97.1 Å². The third-order valence-corrected chi connectivity index (χ3v) is 14.0. The molecule has 0 aliphatic heterocycles. The molecule has 0 aliphatic rings. The largest absolute Gasteiger partial charge is 0.309 e. The van der Waals surface area contributed by atoms with Crippen molar-refractivity contribution in [3.63, 3.8) is 0 Å². The molecule has 0 atom stereocenters. The van der Waals surface area contributed by atoms with Gasteiger partial charge in [0.15, 0.2) is 0 Å². The van der Waals surface area contributed by atoms with Crippen molar-refractivity contribution in [3.05, 3.63) is 195 Å². The van der Waals surface area contributed by atoms with E-state index < -0.39 is 10.0 Å². The molecule has 0 radical (unpaired) electrons. The second-order valence-electron chi connectivity index (χ2n) is 12.7. The minimum Gasteiger partial charge on any atom is -0.309 e. The van der Waals surface area contributed by atoms with Gasteiger partial charge in [-0.1, -0.05) is 72.8 Å². The number of aromatic nitrogens is 4. The summed E-state index contributed by atoms with van der Waals surface area (Å²) < 4.78 is 4.71. The average molecular weight is 673 g/mol. The summed E-state index contributed by atoms with van der Waals surface area (Å²) in [5.41, 5.74) is 6.91. The fourth-order valence-electron chi connectivity index (χ4n) is 7.85. The lowest BCUT2D eigenvalue weighted by atomic mass is 10.2. The van der Waals surface area contributed by atoms with Crippen molar-refractivity contribution in [3.8, 4) is 11.4 Å². The number of para-hydroxylation sites is 2. The number of pyridine rings is 2. The quantitative estimate of drug-likeness (QED) is 0.176. The molecule has 10 rings (SSSR count). The number of fused-ring (bicyclic) bond motifs is 6. The zero-order valence-electron chi connectivity index (χ0n) is 27.7. The van der Waals surface area contributed by atoms with Crippen LogP contribution in [0.25, 0.3) is 55.0 Å². The maximum absolute atomic E-state index is 4.45. The lowest BCUT2D eigenvalue weighted by Crippen LogP contribution is -2.06. The Morgan fingerprint density at radius 2 is 0.667 bits per heavy atom. The number of benzene rings is 6. The van der Waals surface area contributed by atoms with E-state index in [2.05, 4.69) is 189 Å². The lowest BCUT2D eigenvalue weighted by Gasteiger charge is -2.42. The fraction of sp³-hybridized carbons (Fsp3) is 0. The summed E-state index contributed by atoms with van der Waals surface area (Å²) in [6, 6.07) is 62.0. The van der Waals surface area contributed by atoms with Crippen LogP contribution in [0.15, 0.2) is 214 Å². The predicted octanol–water partition coefficient (Wildman–Crippen LogP) is 12.0. The van der Waals surface area contributed by atoms with Crippen molar-refractivity contribution < 1.29 is 0 Å². The van der Waals surface area contributed by atoms with Crippen molar-refractivity contribution >= 4 is 53.6 Å². The molecule has 0 amide bonds. The van der Waals surface area contributed by atoms with E-state index in [1.54, 1.807) is 0 Å². The van der Waals surface area contributed by atoms with E-state index >= 15 is 0 Å². The molecule has 0 N–H and O–H groups in total. The molecule has 0 spiro atoms. The summed E-state index contributed by atoms with van der Waals surface area (Å²) in [7, 11) is -1.89. The first-order chi connectivity index (χ1) is 25.3. The number of hydrogen-bond acceptors (Lipinski definition) is 2. The van der Waals surface area contributed by atoms with Crippen molar-refractivity contribution in [1.82, 2.24) is 19.1 Å². The van der Waals surface area contributed by atoms with Gasteiger partial charge in [-0.15, -0.1) is 10.0 Å². The van der Waals surface area contributed by atoms with Gasteiger partial charge in [0.05, 0.1) is 22.1 Å². The van der Waals surface area contributed by atoms with Crippen LogP contribution in [-0.4, -0.2) is 19.1 Å². The predicted molar refractivity (Wildman–Crippen MR) is 211 cm³/mol. The molecule has 4 aromatic heterocycles. The van der Waals surface area contributed by atoms with Crippen LogP contribution in [0.3, 0.4) is 0 Å². The van der Waals surface area contributed by atoms with Gasteiger partial charge in [0, 0.05) is 77.3 Å². The van der Waals surface area contributed by atoms with Gasteiger partial charge < -0.3 is 9.13 Å². The molecule has 242 valence electrons. The van der Waals surface area contributed by atoms with Gasteiger partial charge in [-0.3, -0.25) is 9.97 Å². The fourth-order valence-corrected chi connectivity index (χ4v) is 11.7. The molecule has 0 saturated heterocycles. The van der Waals surface area contributed by atoms with E-state index in [1.165, 1.54) is 41.4 Å². The summed E-state index contributed by atoms with van der Waals surface area (Å²) in [5.74, 6) is 0. The molecule has 0 aliphatic carbocycles. The normalized spacial score (nSPS) is 12.2. The molecule has 0 saturated carbocycles. The number of hydrogen-bond donors (Lipinski definition) is 0. The summed E-state index contributed by atoms with van der Waals surface area (Å²) in [4.78, 5) is 14.1. The zero-order valence-corrected chi connectivity index (χ0v) is 28.5. The first kappa shape index (κ1) is 29.5. The Morgan fingerprint density at radius 1 is 0.314 bits per heavy atom. The summed E-state index contributed by atoms with van der Waals surface area (Å²) in [6.45, 7) is 0. The second kappa shape index (κ2) is 11.9. The summed E-state index contributed by atoms with van der Waals surface area (Å²) in [6.07, 6.45) is 7.71. The van der Waals surface area contributed by atoms with Crippen LogP contribution in [-0.2, 0) is 0 Å². The molecule has 4 nitrogen and oxygen atoms in total. The minimum atomic E-state index is -1.89. The van der Waals surface area contributed by atoms with E-state index in [4.69, 9.17) is 0 Å². The SMILES string of the molecule is c1ccc(S(c2ccccc2)(c2ccc(-n3c4ccccc4c4cnccc43)cc2)c2ccc(-n3c4ccccc4c4cnccc43)cc2)cc1. The Kier molecular flexibility index (Phi) is 6.86. The first-order valence-corrected chi connectivity index (χ1v) is 18.8. The molecule has 10 aromatic rings. The van der Waals surface area contributed by atoms with Gasteiger partial charge in [0.25, 0.3) is 0 Å². The van der Waals surface area contributed by atoms with Crippen LogP contribution in [0.4, 0.5) is 0 Å². The van der Waals surface area contributed by atoms with Crippen LogP contribution in [0, 0.1) is 0 Å². The highest BCUT2D eigenvalue weighted by atomic mass is 32.3. The van der Waals surface area contributed by atoms with Crippen LogP contribution >= 0.6 is 10.0 Å². The van der Waals surface area contributed by atoms with Crippen LogP contribution in [0.2, 0.25) is 0 Å². The monoisotopic (exact) mass is 672 g/mol. The molecule has 5 heteroatoms. The van der Waals surface area contributed by atoms with Crippen molar-refractivity contribution in [2.24, 2.45) is 0 Å². The van der Waals surface area contributed by atoms with Gasteiger partial charge in [-0.25, -0.2) is 0 Å². The van der Waals surface area contributed by atoms with Crippen LogP contribution < -0.4 is 0 Å². The summed E-state index contributed by atoms with van der Waals surface area (Å²) >= 11 is 0. The molecule has 51 heavy (non-hydrogen) atoms. The Balaban J connectivity index is 1.19. The Hall–Kier alpha value is -6.43. The Labute approximate surface area is 297 Å². The van der Waals surface area contributed by atoms with E-state index in [1.807, 2.05) is 24.8 Å². The van der Waals surface area contributed by atoms with Gasteiger partial charge in [-0.2, -0.15) is 0 Å². The average Bonchev–Trinajstić information content (AvgIpc) is 3.73. The molecule has 0 fully saturated rings. The highest BCUT2D eigenvalue weighted by molar-refractivity contribution is 8.34. The lowest BCUT2D eigenvalue weighted by molar-refractivity contribution is 1.15. The molecule has 0 unspecified atom stereocenters. The molecule has 6 aromatic carbocycles. The second-order valence-corrected chi connectivity index (χ2v) is 15.8. The first-order valence-electron chi connectivity index (χ1n) is 17.1. The minimum absolute atomic E-state index is 1.13. The van der Waals surface area contributed by atoms with Crippen molar-refractivity contribution in [1.29, 1.82) is 0 Å². The highest BCUT2D eigenvalue weighted by Crippen LogP contribution is 2.73. The molecule has 4 heterocycles. The highest BCUT2D eigenvalue weighted by Gasteiger charge is 2.33. The molecular weight excluding hydrogens is 641 g/mol. The van der Waals surface area contributed by atoms with E-state index in [9.17, 15) is 0 Å². The number of nitrogens with zero attached hydrogens (tertiary/aromatic N) is 4. The van der Waals surface area contributed by atoms with Gasteiger partial charge >= 0.3 is 0 Å². The zero-order chi connectivity index (χ0) is 33.8. The van der Waals surface area contributed by atoms with Gasteiger partial charge in [0.2, 0.25) is 0 Å². The van der Waals surface area contributed by atoms with E-state index in [0.29, 0.717) is 0 Å². The van der Waals surface area contributed by atoms with Crippen LogP contribution in [0.5, 0.6) is 0 Å². The van der Waals surface area contributed by atoms with Crippen LogP contribution in [0.1, 0.15) is 0 Å². The molecular formula is C46H32N4S. The van der Waals surface area contributed by atoms with E-state index in [-0.39, 0.29) is 0 Å². The smallest absolute Gasteiger partial charge is 0.0571 e. The van der Waals surface area contributed by atoms with Crippen molar-refractivity contribution in [2.75, 3.05) is 0 Å². The Bertz CT molecular complexity index is 2530. The topological polar surface area (TPSA) is 35.6 Å². The maximum atomic E-state index is 4.45. The third kappa shape index (κ3) is 4.48. The maximum Gasteiger partial charge on any atom is 0.0571 e.